The topological polar surface area (TPSA) is 92.6 Å². The van der Waals surface area contributed by atoms with Gasteiger partial charge in [0.15, 0.2) is 0 Å². The molecule has 0 spiro atoms. The average molecular weight is 558 g/mol. The number of hydrogen-bond donors (Lipinski definition) is 3. The first kappa shape index (κ1) is 29.7. The number of hydrogen-bond acceptors (Lipinski definition) is 5. The number of aromatic nitrogens is 1. The molecule has 1 heterocycles. The third kappa shape index (κ3) is 6.56. The first-order valence-electron chi connectivity index (χ1n) is 13.4. The number of aryl methyl sites for hydroxylation is 1. The van der Waals surface area contributed by atoms with Gasteiger partial charge in [0.25, 0.3) is 11.5 Å². The molecule has 4 aromatic rings. The minimum absolute atomic E-state index is 0.0627. The van der Waals surface area contributed by atoms with E-state index < -0.39 is 17.3 Å². The SMILES string of the molecule is COc1cc(-c2cccc(-c3cccc(NC(=O)c4cccn(C)c4=O)c3C)c2C)cc(F)c1CNCC(C)(C)O. The van der Waals surface area contributed by atoms with Gasteiger partial charge in [-0.2, -0.15) is 0 Å². The molecule has 0 aliphatic rings. The lowest BCUT2D eigenvalue weighted by atomic mass is 9.90. The van der Waals surface area contributed by atoms with E-state index in [1.54, 1.807) is 39.2 Å². The number of amides is 1. The summed E-state index contributed by atoms with van der Waals surface area (Å²) in [6.45, 7) is 7.78. The van der Waals surface area contributed by atoms with Gasteiger partial charge < -0.3 is 25.0 Å². The number of nitrogens with one attached hydrogen (secondary N) is 2. The summed E-state index contributed by atoms with van der Waals surface area (Å²) in [5.41, 5.74) is 4.89. The van der Waals surface area contributed by atoms with Crippen molar-refractivity contribution in [1.82, 2.24) is 9.88 Å². The summed E-state index contributed by atoms with van der Waals surface area (Å²) < 4.78 is 22.3. The molecule has 7 nitrogen and oxygen atoms in total. The maximum atomic E-state index is 15.3. The fraction of sp³-hybridized carbons (Fsp3) is 0.273. The summed E-state index contributed by atoms with van der Waals surface area (Å²) in [5, 5.41) is 15.9. The molecule has 0 saturated heterocycles. The summed E-state index contributed by atoms with van der Waals surface area (Å²) >= 11 is 0. The molecule has 0 unspecified atom stereocenters. The predicted molar refractivity (Wildman–Crippen MR) is 161 cm³/mol. The molecule has 214 valence electrons. The highest BCUT2D eigenvalue weighted by atomic mass is 19.1. The van der Waals surface area contributed by atoms with Crippen molar-refractivity contribution in [1.29, 1.82) is 0 Å². The lowest BCUT2D eigenvalue weighted by Crippen LogP contribution is -2.34. The van der Waals surface area contributed by atoms with Crippen LogP contribution in [0.25, 0.3) is 22.3 Å². The number of methoxy groups -OCH3 is 1. The molecule has 0 atom stereocenters. The van der Waals surface area contributed by atoms with Crippen LogP contribution < -0.4 is 20.9 Å². The van der Waals surface area contributed by atoms with Crippen LogP contribution in [0.1, 0.15) is 40.9 Å². The number of halogens is 1. The maximum absolute atomic E-state index is 15.3. The van der Waals surface area contributed by atoms with Gasteiger partial charge in [-0.1, -0.05) is 30.3 Å². The van der Waals surface area contributed by atoms with Gasteiger partial charge >= 0.3 is 0 Å². The molecular formula is C33H36FN3O4. The van der Waals surface area contributed by atoms with Crippen LogP contribution in [0, 0.1) is 19.7 Å². The van der Waals surface area contributed by atoms with Crippen LogP contribution in [0.3, 0.4) is 0 Å². The molecule has 3 aromatic carbocycles. The van der Waals surface area contributed by atoms with Crippen LogP contribution in [0.5, 0.6) is 5.75 Å². The molecule has 0 saturated carbocycles. The van der Waals surface area contributed by atoms with Gasteiger partial charge in [0.1, 0.15) is 17.1 Å². The van der Waals surface area contributed by atoms with Crippen molar-refractivity contribution in [3.63, 3.8) is 0 Å². The molecule has 0 bridgehead atoms. The van der Waals surface area contributed by atoms with Gasteiger partial charge in [-0.25, -0.2) is 4.39 Å². The van der Waals surface area contributed by atoms with Crippen molar-refractivity contribution in [2.45, 2.75) is 39.8 Å². The Labute approximate surface area is 239 Å². The molecule has 41 heavy (non-hydrogen) atoms. The maximum Gasteiger partial charge on any atom is 0.263 e. The second kappa shape index (κ2) is 12.1. The van der Waals surface area contributed by atoms with Gasteiger partial charge in [-0.15, -0.1) is 0 Å². The van der Waals surface area contributed by atoms with Gasteiger partial charge in [-0.3, -0.25) is 9.59 Å². The first-order valence-corrected chi connectivity index (χ1v) is 13.4. The van der Waals surface area contributed by atoms with E-state index in [1.807, 2.05) is 50.2 Å². The Balaban J connectivity index is 1.68. The Morgan fingerprint density at radius 3 is 2.34 bits per heavy atom. The van der Waals surface area contributed by atoms with E-state index in [-0.39, 0.29) is 17.7 Å². The van der Waals surface area contributed by atoms with Crippen molar-refractivity contribution in [3.8, 4) is 28.0 Å². The Bertz CT molecular complexity index is 1650. The van der Waals surface area contributed by atoms with Crippen LogP contribution >= 0.6 is 0 Å². The number of ether oxygens (including phenoxy) is 1. The summed E-state index contributed by atoms with van der Waals surface area (Å²) in [5.74, 6) is -0.460. The molecule has 0 aliphatic heterocycles. The van der Waals surface area contributed by atoms with Crippen molar-refractivity contribution in [2.24, 2.45) is 7.05 Å². The quantitative estimate of drug-likeness (QED) is 0.249. The van der Waals surface area contributed by atoms with E-state index in [9.17, 15) is 14.7 Å². The Morgan fingerprint density at radius 1 is 1.00 bits per heavy atom. The zero-order chi connectivity index (χ0) is 29.9. The van der Waals surface area contributed by atoms with Crippen LogP contribution in [0.4, 0.5) is 10.1 Å². The lowest BCUT2D eigenvalue weighted by Gasteiger charge is -2.20. The van der Waals surface area contributed by atoms with E-state index in [4.69, 9.17) is 4.74 Å². The fourth-order valence-electron chi connectivity index (χ4n) is 4.88. The summed E-state index contributed by atoms with van der Waals surface area (Å²) in [4.78, 5) is 25.4. The van der Waals surface area contributed by atoms with E-state index in [0.29, 0.717) is 29.1 Å². The second-order valence-electron chi connectivity index (χ2n) is 10.8. The first-order chi connectivity index (χ1) is 19.4. The second-order valence-corrected chi connectivity index (χ2v) is 10.8. The molecule has 8 heteroatoms. The number of rotatable bonds is 9. The number of nitrogens with zero attached hydrogens (tertiary/aromatic N) is 1. The summed E-state index contributed by atoms with van der Waals surface area (Å²) in [7, 11) is 3.11. The zero-order valence-electron chi connectivity index (χ0n) is 24.3. The minimum atomic E-state index is -0.919. The zero-order valence-corrected chi connectivity index (χ0v) is 24.3. The van der Waals surface area contributed by atoms with E-state index in [1.165, 1.54) is 23.8 Å². The molecule has 0 fully saturated rings. The normalized spacial score (nSPS) is 11.4. The Kier molecular flexibility index (Phi) is 8.75. The molecular weight excluding hydrogens is 521 g/mol. The number of anilines is 1. The third-order valence-corrected chi connectivity index (χ3v) is 7.12. The number of carbonyl (C=O) groups excluding carboxylic acids is 1. The smallest absolute Gasteiger partial charge is 0.263 e. The summed E-state index contributed by atoms with van der Waals surface area (Å²) in [6, 6.07) is 17.9. The highest BCUT2D eigenvalue weighted by molar-refractivity contribution is 6.05. The molecule has 3 N–H and O–H groups in total. The molecule has 0 radical (unpaired) electrons. The van der Waals surface area contributed by atoms with Crippen LogP contribution in [0.2, 0.25) is 0 Å². The van der Waals surface area contributed by atoms with Gasteiger partial charge in [0.2, 0.25) is 0 Å². The van der Waals surface area contributed by atoms with Crippen molar-refractivity contribution in [3.05, 3.63) is 105 Å². The van der Waals surface area contributed by atoms with Crippen molar-refractivity contribution in [2.75, 3.05) is 19.0 Å². The van der Waals surface area contributed by atoms with Crippen molar-refractivity contribution >= 4 is 11.6 Å². The Hall–Kier alpha value is -4.27. The Morgan fingerprint density at radius 2 is 1.66 bits per heavy atom. The monoisotopic (exact) mass is 557 g/mol. The lowest BCUT2D eigenvalue weighted by molar-refractivity contribution is 0.0793. The fourth-order valence-corrected chi connectivity index (χ4v) is 4.88. The molecule has 1 amide bonds. The average Bonchev–Trinajstić information content (AvgIpc) is 2.91. The van der Waals surface area contributed by atoms with Crippen molar-refractivity contribution < 1.29 is 19.0 Å². The molecule has 0 aliphatic carbocycles. The number of aliphatic hydroxyl groups is 1. The van der Waals surface area contributed by atoms with Gasteiger partial charge in [0.05, 0.1) is 12.7 Å². The number of carbonyl (C=O) groups is 1. The van der Waals surface area contributed by atoms with Gasteiger partial charge in [-0.05, 0) is 91.4 Å². The number of benzene rings is 3. The van der Waals surface area contributed by atoms with Crippen LogP contribution in [-0.2, 0) is 13.6 Å². The largest absolute Gasteiger partial charge is 0.496 e. The minimum Gasteiger partial charge on any atom is -0.496 e. The van der Waals surface area contributed by atoms with Gasteiger partial charge in [0, 0.05) is 37.6 Å². The predicted octanol–water partition coefficient (Wildman–Crippen LogP) is 5.60. The highest BCUT2D eigenvalue weighted by Crippen LogP contribution is 2.37. The highest BCUT2D eigenvalue weighted by Gasteiger charge is 2.19. The number of pyridine rings is 1. The standard InChI is InChI=1S/C33H36FN3O4/c1-20-23(22-16-28(34)27(30(17-22)41-6)18-35-19-33(3,4)40)10-7-11-24(20)25-12-8-14-29(21(25)2)36-31(38)26-13-9-15-37(5)32(26)39/h7-17,35,40H,18-19H2,1-6H3,(H,36,38). The van der Waals surface area contributed by atoms with E-state index in [2.05, 4.69) is 10.6 Å². The third-order valence-electron chi connectivity index (χ3n) is 7.12. The summed E-state index contributed by atoms with van der Waals surface area (Å²) in [6.07, 6.45) is 1.60. The van der Waals surface area contributed by atoms with E-state index >= 15 is 4.39 Å². The van der Waals surface area contributed by atoms with Crippen LogP contribution in [-0.4, -0.2) is 34.8 Å². The molecule has 4 rings (SSSR count). The molecule has 1 aromatic heterocycles. The van der Waals surface area contributed by atoms with E-state index in [0.717, 1.165) is 27.8 Å². The van der Waals surface area contributed by atoms with Crippen LogP contribution in [0.15, 0.2) is 71.7 Å².